The summed E-state index contributed by atoms with van der Waals surface area (Å²) >= 11 is 0. The number of nitrogens with one attached hydrogen (secondary N) is 2. The smallest absolute Gasteiger partial charge is 0.264 e. The maximum atomic E-state index is 13.6. The molecule has 1 amide bonds. The number of rotatable bonds is 11. The molecule has 5 aromatic carbocycles. The molecule has 0 bridgehead atoms. The third kappa shape index (κ3) is 6.79. The lowest BCUT2D eigenvalue weighted by Gasteiger charge is -2.24. The molecule has 0 spiro atoms. The molecule has 0 radical (unpaired) electrons. The highest BCUT2D eigenvalue weighted by atomic mass is 32.2. The summed E-state index contributed by atoms with van der Waals surface area (Å²) in [6, 6.07) is 32.7. The fourth-order valence-corrected chi connectivity index (χ4v) is 6.98. The van der Waals surface area contributed by atoms with E-state index in [0.29, 0.717) is 29.4 Å². The number of hydrogen-bond acceptors (Lipinski definition) is 6. The van der Waals surface area contributed by atoms with Crippen molar-refractivity contribution >= 4 is 53.8 Å². The second-order valence-electron chi connectivity index (χ2n) is 9.46. The minimum Gasteiger partial charge on any atom is -0.494 e. The summed E-state index contributed by atoms with van der Waals surface area (Å²) in [7, 11) is -8.04. The first kappa shape index (κ1) is 29.6. The van der Waals surface area contributed by atoms with Crippen molar-refractivity contribution in [1.82, 2.24) is 0 Å². The molecule has 0 fully saturated rings. The second-order valence-corrected chi connectivity index (χ2v) is 13.0. The van der Waals surface area contributed by atoms with E-state index in [9.17, 15) is 21.6 Å². The Hall–Kier alpha value is -4.87. The Morgan fingerprint density at radius 2 is 1.35 bits per heavy atom. The van der Waals surface area contributed by atoms with E-state index >= 15 is 0 Å². The summed E-state index contributed by atoms with van der Waals surface area (Å²) in [6.45, 7) is 1.76. The van der Waals surface area contributed by atoms with Gasteiger partial charge in [-0.15, -0.1) is 0 Å². The van der Waals surface area contributed by atoms with E-state index in [-0.39, 0.29) is 9.79 Å². The number of carbonyl (C=O) groups excluding carboxylic acids is 1. The van der Waals surface area contributed by atoms with E-state index in [0.717, 1.165) is 15.1 Å². The maximum absolute atomic E-state index is 13.6. The zero-order chi connectivity index (χ0) is 30.5. The van der Waals surface area contributed by atoms with Crippen LogP contribution in [-0.2, 0) is 24.8 Å². The van der Waals surface area contributed by atoms with E-state index in [1.165, 1.54) is 36.4 Å². The molecule has 0 atom stereocenters. The van der Waals surface area contributed by atoms with Gasteiger partial charge in [-0.25, -0.2) is 16.8 Å². The molecule has 0 heterocycles. The zero-order valence-electron chi connectivity index (χ0n) is 23.2. The molecule has 0 saturated carbocycles. The first-order chi connectivity index (χ1) is 20.7. The number of hydrogen-bond donors (Lipinski definition) is 2. The molecule has 11 heteroatoms. The van der Waals surface area contributed by atoms with Crippen LogP contribution in [0.1, 0.15) is 6.92 Å². The highest BCUT2D eigenvalue weighted by Gasteiger charge is 2.27. The Morgan fingerprint density at radius 3 is 2.05 bits per heavy atom. The van der Waals surface area contributed by atoms with Crippen LogP contribution in [0.4, 0.5) is 17.1 Å². The maximum Gasteiger partial charge on any atom is 0.264 e. The highest BCUT2D eigenvalue weighted by Crippen LogP contribution is 2.27. The highest BCUT2D eigenvalue weighted by molar-refractivity contribution is 7.93. The van der Waals surface area contributed by atoms with E-state index in [2.05, 4.69) is 10.0 Å². The lowest BCUT2D eigenvalue weighted by molar-refractivity contribution is -0.114. The van der Waals surface area contributed by atoms with Crippen LogP contribution in [0.25, 0.3) is 10.8 Å². The largest absolute Gasteiger partial charge is 0.494 e. The van der Waals surface area contributed by atoms with Crippen LogP contribution in [0, 0.1) is 0 Å². The van der Waals surface area contributed by atoms with Crippen molar-refractivity contribution in [2.45, 2.75) is 16.7 Å². The molecular formula is C32H29N3O6S2. The van der Waals surface area contributed by atoms with Crippen LogP contribution in [0.15, 0.2) is 131 Å². The standard InChI is InChI=1S/C32H29N3O6S2/c1-2-41-27-17-21-29(22-18-27)43(39,40)35(26-11-4-3-5-12-26)23-32(36)33-25-15-19-28(20-16-25)42(37,38)34-31-14-8-10-24-9-6-7-13-30(24)31/h3-22,34H,2,23H2,1H3,(H,33,36). The number of sulfonamides is 2. The van der Waals surface area contributed by atoms with Crippen molar-refractivity contribution < 1.29 is 26.4 Å². The zero-order valence-corrected chi connectivity index (χ0v) is 24.8. The van der Waals surface area contributed by atoms with Gasteiger partial charge in [-0.2, -0.15) is 0 Å². The normalized spacial score (nSPS) is 11.6. The molecule has 0 saturated heterocycles. The summed E-state index contributed by atoms with van der Waals surface area (Å²) in [5, 5.41) is 4.33. The van der Waals surface area contributed by atoms with Gasteiger partial charge < -0.3 is 10.1 Å². The topological polar surface area (TPSA) is 122 Å². The quantitative estimate of drug-likeness (QED) is 0.192. The van der Waals surface area contributed by atoms with Crippen LogP contribution in [-0.4, -0.2) is 35.9 Å². The van der Waals surface area contributed by atoms with Gasteiger partial charge in [0.2, 0.25) is 5.91 Å². The van der Waals surface area contributed by atoms with Gasteiger partial charge in [0, 0.05) is 11.1 Å². The molecule has 5 aromatic rings. The number of carbonyl (C=O) groups is 1. The van der Waals surface area contributed by atoms with Gasteiger partial charge in [-0.1, -0.05) is 54.6 Å². The second kappa shape index (κ2) is 12.6. The summed E-state index contributed by atoms with van der Waals surface area (Å²) in [6.07, 6.45) is 0. The SMILES string of the molecule is CCOc1ccc(S(=O)(=O)N(CC(=O)Nc2ccc(S(=O)(=O)Nc3cccc4ccccc34)cc2)c2ccccc2)cc1. The number of amides is 1. The van der Waals surface area contributed by atoms with E-state index < -0.39 is 32.5 Å². The van der Waals surface area contributed by atoms with Gasteiger partial charge in [-0.3, -0.25) is 13.8 Å². The molecule has 0 aliphatic heterocycles. The Kier molecular flexibility index (Phi) is 8.65. The summed E-state index contributed by atoms with van der Waals surface area (Å²) in [5.74, 6) is -0.0777. The fraction of sp³-hybridized carbons (Fsp3) is 0.0938. The molecule has 5 rings (SSSR count). The van der Waals surface area contributed by atoms with Crippen LogP contribution in [0.3, 0.4) is 0 Å². The van der Waals surface area contributed by atoms with Gasteiger partial charge in [0.1, 0.15) is 12.3 Å². The lowest BCUT2D eigenvalue weighted by atomic mass is 10.1. The fourth-order valence-electron chi connectivity index (χ4n) is 4.48. The minimum atomic E-state index is -4.12. The predicted octanol–water partition coefficient (Wildman–Crippen LogP) is 5.87. The molecule has 0 aliphatic rings. The van der Waals surface area contributed by atoms with Crippen molar-refractivity contribution in [1.29, 1.82) is 0 Å². The number of benzene rings is 5. The third-order valence-corrected chi connectivity index (χ3v) is 9.71. The molecule has 220 valence electrons. The van der Waals surface area contributed by atoms with Crippen LogP contribution >= 0.6 is 0 Å². The van der Waals surface area contributed by atoms with Crippen molar-refractivity contribution in [3.8, 4) is 5.75 Å². The van der Waals surface area contributed by atoms with Crippen LogP contribution < -0.4 is 19.1 Å². The molecule has 2 N–H and O–H groups in total. The third-order valence-electron chi connectivity index (χ3n) is 6.54. The van der Waals surface area contributed by atoms with Gasteiger partial charge in [0.25, 0.3) is 20.0 Å². The first-order valence-electron chi connectivity index (χ1n) is 13.4. The van der Waals surface area contributed by atoms with Gasteiger partial charge >= 0.3 is 0 Å². The number of nitrogens with zero attached hydrogens (tertiary/aromatic N) is 1. The van der Waals surface area contributed by atoms with Crippen molar-refractivity contribution in [3.05, 3.63) is 121 Å². The average molecular weight is 616 g/mol. The summed E-state index contributed by atoms with van der Waals surface area (Å²) in [4.78, 5) is 13.1. The number of anilines is 3. The monoisotopic (exact) mass is 615 g/mol. The molecule has 0 aromatic heterocycles. The predicted molar refractivity (Wildman–Crippen MR) is 168 cm³/mol. The van der Waals surface area contributed by atoms with E-state index in [4.69, 9.17) is 4.74 Å². The van der Waals surface area contributed by atoms with Crippen LogP contribution in [0.2, 0.25) is 0 Å². The molecule has 43 heavy (non-hydrogen) atoms. The van der Waals surface area contributed by atoms with Crippen LogP contribution in [0.5, 0.6) is 5.75 Å². The summed E-state index contributed by atoms with van der Waals surface area (Å²) in [5.41, 5.74) is 1.07. The first-order valence-corrected chi connectivity index (χ1v) is 16.3. The number of para-hydroxylation sites is 1. The summed E-state index contributed by atoms with van der Waals surface area (Å²) < 4.78 is 62.5. The Labute approximate surface area is 250 Å². The van der Waals surface area contributed by atoms with E-state index in [1.807, 2.05) is 37.3 Å². The Bertz CT molecular complexity index is 1940. The average Bonchev–Trinajstić information content (AvgIpc) is 3.01. The van der Waals surface area contributed by atoms with Crippen molar-refractivity contribution in [3.63, 3.8) is 0 Å². The minimum absolute atomic E-state index is 0.000797. The number of ether oxygens (including phenoxy) is 1. The van der Waals surface area contributed by atoms with Crippen molar-refractivity contribution in [2.24, 2.45) is 0 Å². The Balaban J connectivity index is 1.32. The molecule has 0 unspecified atom stereocenters. The Morgan fingerprint density at radius 1 is 0.721 bits per heavy atom. The molecule has 0 aliphatic carbocycles. The van der Waals surface area contributed by atoms with Crippen molar-refractivity contribution in [2.75, 3.05) is 27.5 Å². The van der Waals surface area contributed by atoms with Gasteiger partial charge in [0.05, 0.1) is 27.8 Å². The molecular weight excluding hydrogens is 587 g/mol. The number of fused-ring (bicyclic) bond motifs is 1. The van der Waals surface area contributed by atoms with Gasteiger partial charge in [0.15, 0.2) is 0 Å². The van der Waals surface area contributed by atoms with E-state index in [1.54, 1.807) is 54.6 Å². The molecule has 9 nitrogen and oxygen atoms in total. The lowest BCUT2D eigenvalue weighted by Crippen LogP contribution is -2.38. The van der Waals surface area contributed by atoms with Gasteiger partial charge in [-0.05, 0) is 79.0 Å².